The fraction of sp³-hybridized carbons (Fsp3) is 0.600. The van der Waals surface area contributed by atoms with Gasteiger partial charge in [0.2, 0.25) is 0 Å². The molecule has 3 aliphatic rings. The number of nitrogens with two attached hydrogens (primary N) is 1. The Morgan fingerprint density at radius 2 is 1.67 bits per heavy atom. The van der Waals surface area contributed by atoms with Crippen LogP contribution in [0.1, 0.15) is 37.2 Å². The van der Waals surface area contributed by atoms with Crippen molar-refractivity contribution in [3.05, 3.63) is 33.8 Å². The van der Waals surface area contributed by atoms with Gasteiger partial charge in [-0.05, 0) is 73.6 Å². The Hall–Kier alpha value is -0.240. The van der Waals surface area contributed by atoms with Crippen molar-refractivity contribution < 1.29 is 0 Å². The van der Waals surface area contributed by atoms with Crippen molar-refractivity contribution in [1.29, 1.82) is 0 Å². The van der Waals surface area contributed by atoms with Gasteiger partial charge in [0.1, 0.15) is 0 Å². The minimum Gasteiger partial charge on any atom is -0.330 e. The van der Waals surface area contributed by atoms with Crippen LogP contribution in [-0.4, -0.2) is 6.54 Å². The molecule has 2 bridgehead atoms. The molecule has 1 aromatic carbocycles. The first-order chi connectivity index (χ1) is 8.70. The van der Waals surface area contributed by atoms with Crippen LogP contribution in [0.2, 0.25) is 10.0 Å². The molecule has 0 amide bonds. The van der Waals surface area contributed by atoms with E-state index in [1.807, 2.05) is 6.07 Å². The SMILES string of the molecule is NC[C@@H]1C2CCC(CC2)[C@@H]1c1ccc(Cl)c(Cl)c1. The Morgan fingerprint density at radius 3 is 2.28 bits per heavy atom. The summed E-state index contributed by atoms with van der Waals surface area (Å²) in [4.78, 5) is 0. The molecule has 18 heavy (non-hydrogen) atoms. The quantitative estimate of drug-likeness (QED) is 0.851. The average Bonchev–Trinajstić information content (AvgIpc) is 2.42. The molecular weight excluding hydrogens is 265 g/mol. The van der Waals surface area contributed by atoms with E-state index in [1.165, 1.54) is 31.2 Å². The van der Waals surface area contributed by atoms with Crippen LogP contribution in [0, 0.1) is 17.8 Å². The second-order valence-corrected chi connectivity index (χ2v) is 6.59. The third-order valence-electron chi connectivity index (χ3n) is 4.99. The lowest BCUT2D eigenvalue weighted by Gasteiger charge is -2.48. The topological polar surface area (TPSA) is 26.0 Å². The molecule has 0 unspecified atom stereocenters. The number of hydrogen-bond donors (Lipinski definition) is 1. The summed E-state index contributed by atoms with van der Waals surface area (Å²) in [6.45, 7) is 0.798. The summed E-state index contributed by atoms with van der Waals surface area (Å²) in [6.07, 6.45) is 5.44. The molecule has 2 atom stereocenters. The summed E-state index contributed by atoms with van der Waals surface area (Å²) in [6, 6.07) is 6.12. The first kappa shape index (κ1) is 12.8. The molecule has 0 spiro atoms. The van der Waals surface area contributed by atoms with Crippen LogP contribution in [0.5, 0.6) is 0 Å². The molecule has 0 heterocycles. The Kier molecular flexibility index (Phi) is 3.57. The van der Waals surface area contributed by atoms with Crippen molar-refractivity contribution in [3.63, 3.8) is 0 Å². The first-order valence-corrected chi connectivity index (χ1v) is 7.61. The van der Waals surface area contributed by atoms with Crippen LogP contribution < -0.4 is 5.73 Å². The second-order valence-electron chi connectivity index (χ2n) is 5.77. The molecule has 3 aliphatic carbocycles. The van der Waals surface area contributed by atoms with E-state index in [0.717, 1.165) is 18.4 Å². The molecule has 3 saturated carbocycles. The van der Waals surface area contributed by atoms with Crippen LogP contribution in [-0.2, 0) is 0 Å². The van der Waals surface area contributed by atoms with Gasteiger partial charge < -0.3 is 5.73 Å². The van der Waals surface area contributed by atoms with Gasteiger partial charge >= 0.3 is 0 Å². The van der Waals surface area contributed by atoms with Crippen LogP contribution in [0.25, 0.3) is 0 Å². The summed E-state index contributed by atoms with van der Waals surface area (Å²) in [5.74, 6) is 2.84. The maximum absolute atomic E-state index is 6.16. The Bertz CT molecular complexity index is 438. The summed E-state index contributed by atoms with van der Waals surface area (Å²) < 4.78 is 0. The number of hydrogen-bond acceptors (Lipinski definition) is 1. The summed E-state index contributed by atoms with van der Waals surface area (Å²) >= 11 is 12.2. The van der Waals surface area contributed by atoms with Crippen molar-refractivity contribution >= 4 is 23.2 Å². The molecule has 98 valence electrons. The maximum atomic E-state index is 6.16. The van der Waals surface area contributed by atoms with Gasteiger partial charge in [0.25, 0.3) is 0 Å². The van der Waals surface area contributed by atoms with E-state index in [0.29, 0.717) is 21.9 Å². The fourth-order valence-corrected chi connectivity index (χ4v) is 4.46. The van der Waals surface area contributed by atoms with E-state index >= 15 is 0 Å². The fourth-order valence-electron chi connectivity index (χ4n) is 4.15. The minimum absolute atomic E-state index is 0.595. The molecule has 0 radical (unpaired) electrons. The highest BCUT2D eigenvalue weighted by atomic mass is 35.5. The van der Waals surface area contributed by atoms with Crippen molar-refractivity contribution in [3.8, 4) is 0 Å². The molecular formula is C15H19Cl2N. The molecule has 2 N–H and O–H groups in total. The molecule has 4 rings (SSSR count). The predicted molar refractivity (Wildman–Crippen MR) is 77.2 cm³/mol. The molecule has 0 aliphatic heterocycles. The van der Waals surface area contributed by atoms with Crippen molar-refractivity contribution in [1.82, 2.24) is 0 Å². The van der Waals surface area contributed by atoms with E-state index in [-0.39, 0.29) is 0 Å². The number of rotatable bonds is 2. The molecule has 3 fully saturated rings. The van der Waals surface area contributed by atoms with E-state index in [9.17, 15) is 0 Å². The number of fused-ring (bicyclic) bond motifs is 3. The number of benzene rings is 1. The van der Waals surface area contributed by atoms with Crippen LogP contribution >= 0.6 is 23.2 Å². The summed E-state index contributed by atoms with van der Waals surface area (Å²) in [5, 5.41) is 1.32. The normalized spacial score (nSPS) is 34.8. The molecule has 0 saturated heterocycles. The largest absolute Gasteiger partial charge is 0.330 e. The molecule has 1 nitrogen and oxygen atoms in total. The van der Waals surface area contributed by atoms with Gasteiger partial charge in [-0.2, -0.15) is 0 Å². The second kappa shape index (κ2) is 5.03. The smallest absolute Gasteiger partial charge is 0.0595 e. The van der Waals surface area contributed by atoms with Gasteiger partial charge in [0.05, 0.1) is 10.0 Å². The highest BCUT2D eigenvalue weighted by molar-refractivity contribution is 6.42. The van der Waals surface area contributed by atoms with Crippen molar-refractivity contribution in [2.45, 2.75) is 31.6 Å². The third kappa shape index (κ3) is 2.07. The standard InChI is InChI=1S/C15H19Cl2N/c16-13-6-5-11(7-14(13)17)15-10-3-1-9(2-4-10)12(15)8-18/h5-7,9-10,12,15H,1-4,8,18H2/t9?,10?,12-,15-/m1/s1. The van der Waals surface area contributed by atoms with E-state index < -0.39 is 0 Å². The molecule has 1 aromatic rings. The maximum Gasteiger partial charge on any atom is 0.0595 e. The lowest BCUT2D eigenvalue weighted by atomic mass is 9.57. The van der Waals surface area contributed by atoms with Gasteiger partial charge in [0.15, 0.2) is 0 Å². The lowest BCUT2D eigenvalue weighted by molar-refractivity contribution is 0.0731. The lowest BCUT2D eigenvalue weighted by Crippen LogP contribution is -2.42. The molecule has 3 heteroatoms. The van der Waals surface area contributed by atoms with Gasteiger partial charge in [-0.25, -0.2) is 0 Å². The first-order valence-electron chi connectivity index (χ1n) is 6.85. The monoisotopic (exact) mass is 283 g/mol. The minimum atomic E-state index is 0.595. The van der Waals surface area contributed by atoms with Crippen LogP contribution in [0.4, 0.5) is 0 Å². The van der Waals surface area contributed by atoms with Crippen molar-refractivity contribution in [2.24, 2.45) is 23.5 Å². The highest BCUT2D eigenvalue weighted by Crippen LogP contribution is 2.53. The van der Waals surface area contributed by atoms with E-state index in [1.54, 1.807) is 0 Å². The summed E-state index contributed by atoms with van der Waals surface area (Å²) in [5.41, 5.74) is 7.37. The van der Waals surface area contributed by atoms with Crippen LogP contribution in [0.15, 0.2) is 18.2 Å². The summed E-state index contributed by atoms with van der Waals surface area (Å²) in [7, 11) is 0. The van der Waals surface area contributed by atoms with Crippen LogP contribution in [0.3, 0.4) is 0 Å². The molecule has 0 aromatic heterocycles. The van der Waals surface area contributed by atoms with Gasteiger partial charge in [-0.1, -0.05) is 29.3 Å². The Morgan fingerprint density at radius 1 is 1.00 bits per heavy atom. The third-order valence-corrected chi connectivity index (χ3v) is 5.73. The van der Waals surface area contributed by atoms with Gasteiger partial charge in [-0.3, -0.25) is 0 Å². The van der Waals surface area contributed by atoms with Gasteiger partial charge in [0, 0.05) is 0 Å². The zero-order valence-corrected chi connectivity index (χ0v) is 11.9. The Balaban J connectivity index is 1.95. The predicted octanol–water partition coefficient (Wildman–Crippen LogP) is 4.47. The average molecular weight is 284 g/mol. The van der Waals surface area contributed by atoms with E-state index in [4.69, 9.17) is 28.9 Å². The Labute approximate surface area is 119 Å². The number of halogens is 2. The zero-order chi connectivity index (χ0) is 12.7. The van der Waals surface area contributed by atoms with Crippen molar-refractivity contribution in [2.75, 3.05) is 6.54 Å². The zero-order valence-electron chi connectivity index (χ0n) is 10.4. The van der Waals surface area contributed by atoms with Gasteiger partial charge in [-0.15, -0.1) is 0 Å². The van der Waals surface area contributed by atoms with E-state index in [2.05, 4.69) is 12.1 Å². The highest BCUT2D eigenvalue weighted by Gasteiger charge is 2.43.